The van der Waals surface area contributed by atoms with Crippen molar-refractivity contribution in [2.45, 2.75) is 84.0 Å². The fourth-order valence-corrected chi connectivity index (χ4v) is 8.53. The van der Waals surface area contributed by atoms with Gasteiger partial charge in [0.15, 0.2) is 5.79 Å². The molecule has 2 N–H and O–H groups in total. The molecule has 0 aromatic rings. The lowest BCUT2D eigenvalue weighted by Gasteiger charge is -2.63. The summed E-state index contributed by atoms with van der Waals surface area (Å²) >= 11 is 0. The normalized spacial score (nSPS) is 43.9. The lowest BCUT2D eigenvalue weighted by atomic mass is 9.45. The van der Waals surface area contributed by atoms with E-state index in [-0.39, 0.29) is 35.2 Å². The Morgan fingerprint density at radius 1 is 1.21 bits per heavy atom. The number of hydrogen-bond acceptors (Lipinski definition) is 6. The largest absolute Gasteiger partial charge is 0.459 e. The Bertz CT molecular complexity index is 935. The molecule has 7 heteroatoms. The van der Waals surface area contributed by atoms with Gasteiger partial charge in [-0.2, -0.15) is 0 Å². The Balaban J connectivity index is 1.49. The Hall–Kier alpha value is -1.70. The molecule has 5 aliphatic rings. The maximum Gasteiger partial charge on any atom is 0.303 e. The summed E-state index contributed by atoms with van der Waals surface area (Å²) in [6.07, 6.45) is 8.82. The molecule has 1 saturated heterocycles. The molecule has 4 fully saturated rings. The van der Waals surface area contributed by atoms with Gasteiger partial charge >= 0.3 is 5.97 Å². The summed E-state index contributed by atoms with van der Waals surface area (Å²) in [6.45, 7) is 9.50. The predicted octanol–water partition coefficient (Wildman–Crippen LogP) is 3.62. The standard InChI is InChI=1S/C27H39NO6/c1-17-13-21-20-6-5-19-14-26(33-11-12-34-26)9-8-25(19,4)27(20,31)10-7-24(21,3)23(17)22(28-16-29)15-32-18(2)30/h5,16-17,20-21,31H,6-15H2,1-4H3,(H,28,29)/b23-22-/t17-,20-,21-,24-,25-,27+/m0/s1. The smallest absolute Gasteiger partial charge is 0.303 e. The van der Waals surface area contributed by atoms with Crippen molar-refractivity contribution in [2.24, 2.45) is 28.6 Å². The van der Waals surface area contributed by atoms with Crippen molar-refractivity contribution < 1.29 is 28.9 Å². The molecule has 3 saturated carbocycles. The average molecular weight is 474 g/mol. The SMILES string of the molecule is CC(=O)OC/C(NC=O)=C1\[C@@H](C)C[C@H]2[C@@H]3CC=C4CC5(CC[C@]4(C)[C@@]3(O)CC[C@]12C)OCCO5. The van der Waals surface area contributed by atoms with Crippen molar-refractivity contribution in [3.05, 3.63) is 22.9 Å². The summed E-state index contributed by atoms with van der Waals surface area (Å²) in [5, 5.41) is 15.3. The van der Waals surface area contributed by atoms with Gasteiger partial charge in [-0.25, -0.2) is 0 Å². The number of amides is 1. The number of hydrogen-bond donors (Lipinski definition) is 2. The highest BCUT2D eigenvalue weighted by Gasteiger charge is 2.67. The monoisotopic (exact) mass is 473 g/mol. The Morgan fingerprint density at radius 3 is 2.62 bits per heavy atom. The topological polar surface area (TPSA) is 94.1 Å². The number of fused-ring (bicyclic) bond motifs is 5. The van der Waals surface area contributed by atoms with Crippen molar-refractivity contribution in [3.8, 4) is 0 Å². The molecule has 0 bridgehead atoms. The predicted molar refractivity (Wildman–Crippen MR) is 125 cm³/mol. The number of ether oxygens (including phenoxy) is 3. The Morgan fingerprint density at radius 2 is 1.94 bits per heavy atom. The molecule has 1 amide bonds. The van der Waals surface area contributed by atoms with Crippen LogP contribution in [-0.2, 0) is 23.8 Å². The number of nitrogens with one attached hydrogen (secondary N) is 1. The van der Waals surface area contributed by atoms with Crippen molar-refractivity contribution in [2.75, 3.05) is 19.8 Å². The summed E-state index contributed by atoms with van der Waals surface area (Å²) in [7, 11) is 0. The number of allylic oxidation sites excluding steroid dienone is 2. The molecule has 34 heavy (non-hydrogen) atoms. The van der Waals surface area contributed by atoms with Crippen LogP contribution in [-0.4, -0.2) is 48.7 Å². The molecule has 0 radical (unpaired) electrons. The molecule has 6 atom stereocenters. The van der Waals surface area contributed by atoms with Crippen LogP contribution in [0, 0.1) is 28.6 Å². The van der Waals surface area contributed by atoms with Gasteiger partial charge in [0.1, 0.15) is 6.61 Å². The van der Waals surface area contributed by atoms with E-state index in [2.05, 4.69) is 32.2 Å². The highest BCUT2D eigenvalue weighted by molar-refractivity contribution is 5.66. The second-order valence-electron chi connectivity index (χ2n) is 11.7. The van der Waals surface area contributed by atoms with E-state index in [9.17, 15) is 14.7 Å². The first kappa shape index (κ1) is 24.0. The second kappa shape index (κ2) is 8.17. The van der Waals surface area contributed by atoms with E-state index in [1.54, 1.807) is 0 Å². The number of aliphatic hydroxyl groups is 1. The summed E-state index contributed by atoms with van der Waals surface area (Å²) in [4.78, 5) is 22.9. The number of carbonyl (C=O) groups excluding carboxylic acids is 2. The second-order valence-corrected chi connectivity index (χ2v) is 11.7. The van der Waals surface area contributed by atoms with Crippen LogP contribution in [0.4, 0.5) is 0 Å². The Kier molecular flexibility index (Phi) is 5.77. The van der Waals surface area contributed by atoms with Crippen molar-refractivity contribution in [1.82, 2.24) is 5.32 Å². The molecule has 5 rings (SSSR count). The maximum absolute atomic E-state index is 12.4. The summed E-state index contributed by atoms with van der Waals surface area (Å²) in [5.41, 5.74) is 1.98. The van der Waals surface area contributed by atoms with Crippen LogP contribution in [0.25, 0.3) is 0 Å². The van der Waals surface area contributed by atoms with Gasteiger partial charge in [-0.15, -0.1) is 0 Å². The first-order chi connectivity index (χ1) is 16.1. The Labute approximate surface area is 202 Å². The molecule has 188 valence electrons. The molecule has 0 aromatic carbocycles. The van der Waals surface area contributed by atoms with E-state index < -0.39 is 11.4 Å². The van der Waals surface area contributed by atoms with E-state index in [1.807, 2.05) is 0 Å². The van der Waals surface area contributed by atoms with E-state index in [1.165, 1.54) is 18.1 Å². The minimum Gasteiger partial charge on any atom is -0.459 e. The fraction of sp³-hybridized carbons (Fsp3) is 0.778. The highest BCUT2D eigenvalue weighted by atomic mass is 16.7. The van der Waals surface area contributed by atoms with Crippen LogP contribution in [0.15, 0.2) is 22.9 Å². The third-order valence-corrected chi connectivity index (χ3v) is 10.2. The zero-order chi connectivity index (χ0) is 24.4. The molecule has 1 heterocycles. The minimum absolute atomic E-state index is 0.0782. The van der Waals surface area contributed by atoms with Crippen LogP contribution in [0.1, 0.15) is 72.6 Å². The first-order valence-corrected chi connectivity index (χ1v) is 12.9. The van der Waals surface area contributed by atoms with Crippen molar-refractivity contribution in [3.63, 3.8) is 0 Å². The third kappa shape index (κ3) is 3.34. The first-order valence-electron chi connectivity index (χ1n) is 12.9. The van der Waals surface area contributed by atoms with Crippen LogP contribution < -0.4 is 5.32 Å². The van der Waals surface area contributed by atoms with Crippen molar-refractivity contribution >= 4 is 12.4 Å². The van der Waals surface area contributed by atoms with Crippen LogP contribution in [0.5, 0.6) is 0 Å². The van der Waals surface area contributed by atoms with Crippen LogP contribution in [0.3, 0.4) is 0 Å². The zero-order valence-corrected chi connectivity index (χ0v) is 20.9. The molecule has 4 aliphatic carbocycles. The van der Waals surface area contributed by atoms with Crippen molar-refractivity contribution in [1.29, 1.82) is 0 Å². The molecule has 0 aromatic heterocycles. The molecule has 1 aliphatic heterocycles. The lowest BCUT2D eigenvalue weighted by Crippen LogP contribution is -2.63. The molecular weight excluding hydrogens is 434 g/mol. The van der Waals surface area contributed by atoms with Crippen LogP contribution in [0.2, 0.25) is 0 Å². The third-order valence-electron chi connectivity index (χ3n) is 10.2. The van der Waals surface area contributed by atoms with Gasteiger partial charge in [0.2, 0.25) is 6.41 Å². The fourth-order valence-electron chi connectivity index (χ4n) is 8.53. The minimum atomic E-state index is -0.773. The number of esters is 1. The number of rotatable bonds is 4. The molecule has 7 nitrogen and oxygen atoms in total. The van der Waals surface area contributed by atoms with Gasteiger partial charge in [0.25, 0.3) is 0 Å². The van der Waals surface area contributed by atoms with Gasteiger partial charge < -0.3 is 24.6 Å². The zero-order valence-electron chi connectivity index (χ0n) is 20.9. The van der Waals surface area contributed by atoms with Gasteiger partial charge in [-0.05, 0) is 60.8 Å². The molecular formula is C27H39NO6. The van der Waals surface area contributed by atoms with E-state index in [0.717, 1.165) is 38.5 Å². The van der Waals surface area contributed by atoms with Gasteiger partial charge in [0.05, 0.1) is 24.5 Å². The van der Waals surface area contributed by atoms with E-state index in [0.29, 0.717) is 37.7 Å². The maximum atomic E-state index is 12.4. The lowest BCUT2D eigenvalue weighted by molar-refractivity contribution is -0.218. The van der Waals surface area contributed by atoms with Gasteiger partial charge in [-0.3, -0.25) is 9.59 Å². The summed E-state index contributed by atoms with van der Waals surface area (Å²) in [6, 6.07) is 0. The van der Waals surface area contributed by atoms with E-state index in [4.69, 9.17) is 14.2 Å². The van der Waals surface area contributed by atoms with Crippen LogP contribution >= 0.6 is 0 Å². The quantitative estimate of drug-likeness (QED) is 0.368. The number of carbonyl (C=O) groups is 2. The van der Waals surface area contributed by atoms with Gasteiger partial charge in [-0.1, -0.05) is 32.4 Å². The van der Waals surface area contributed by atoms with Gasteiger partial charge in [0, 0.05) is 25.2 Å². The molecule has 1 spiro atoms. The summed E-state index contributed by atoms with van der Waals surface area (Å²) in [5.74, 6) is -0.184. The van der Waals surface area contributed by atoms with E-state index >= 15 is 0 Å². The molecule has 0 unspecified atom stereocenters. The highest BCUT2D eigenvalue weighted by Crippen LogP contribution is 2.69. The average Bonchev–Trinajstić information content (AvgIpc) is 3.34. The summed E-state index contributed by atoms with van der Waals surface area (Å²) < 4.78 is 17.4.